The second-order valence-corrected chi connectivity index (χ2v) is 10.8. The fourth-order valence-electron chi connectivity index (χ4n) is 4.75. The van der Waals surface area contributed by atoms with Gasteiger partial charge in [-0.25, -0.2) is 0 Å². The van der Waals surface area contributed by atoms with Crippen molar-refractivity contribution in [1.82, 2.24) is 4.90 Å². The zero-order valence-electron chi connectivity index (χ0n) is 23.1. The minimum atomic E-state index is -5.02. The molecule has 7 nitrogen and oxygen atoms in total. The van der Waals surface area contributed by atoms with Gasteiger partial charge in [-0.2, -0.15) is 31.3 Å². The van der Waals surface area contributed by atoms with E-state index in [1.807, 2.05) is 17.0 Å². The zero-order chi connectivity index (χ0) is 31.6. The van der Waals surface area contributed by atoms with Crippen LogP contribution in [0.15, 0.2) is 70.6 Å². The number of benzene rings is 3. The van der Waals surface area contributed by atoms with Gasteiger partial charge in [-0.1, -0.05) is 24.3 Å². The quantitative estimate of drug-likeness (QED) is 0.235. The maximum absolute atomic E-state index is 13.5. The van der Waals surface area contributed by atoms with Gasteiger partial charge >= 0.3 is 12.4 Å². The van der Waals surface area contributed by atoms with Crippen molar-refractivity contribution in [2.24, 2.45) is 4.99 Å². The van der Waals surface area contributed by atoms with Crippen LogP contribution in [0.3, 0.4) is 0 Å². The summed E-state index contributed by atoms with van der Waals surface area (Å²) in [5.74, 6) is -0.00938. The van der Waals surface area contributed by atoms with Crippen molar-refractivity contribution in [2.45, 2.75) is 19.0 Å². The van der Waals surface area contributed by atoms with Gasteiger partial charge in [0.2, 0.25) is 0 Å². The number of aromatic hydroxyl groups is 1. The largest absolute Gasteiger partial charge is 0.506 e. The fraction of sp³-hybridized carbons (Fsp3) is 0.267. The average molecular weight is 638 g/mol. The van der Waals surface area contributed by atoms with Gasteiger partial charge in [0.05, 0.1) is 28.8 Å². The Morgan fingerprint density at radius 2 is 1.61 bits per heavy atom. The highest BCUT2D eigenvalue weighted by molar-refractivity contribution is 8.18. The monoisotopic (exact) mass is 637 g/mol. The number of phenolic OH excluding ortho intramolecular Hbond substituents is 1. The van der Waals surface area contributed by atoms with E-state index in [1.54, 1.807) is 24.3 Å². The summed E-state index contributed by atoms with van der Waals surface area (Å²) in [7, 11) is 1.32. The highest BCUT2D eigenvalue weighted by Crippen LogP contribution is 2.39. The molecule has 0 radical (unpaired) electrons. The van der Waals surface area contributed by atoms with Crippen LogP contribution in [0.5, 0.6) is 17.2 Å². The maximum Gasteiger partial charge on any atom is 0.416 e. The molecule has 0 aromatic heterocycles. The maximum atomic E-state index is 13.5. The molecule has 1 amide bonds. The number of methoxy groups -OCH3 is 1. The highest BCUT2D eigenvalue weighted by Gasteiger charge is 2.38. The van der Waals surface area contributed by atoms with Crippen LogP contribution in [-0.4, -0.2) is 54.4 Å². The number of piperazine rings is 1. The summed E-state index contributed by atoms with van der Waals surface area (Å²) in [6.45, 7) is 1.78. The van der Waals surface area contributed by atoms with E-state index >= 15 is 0 Å². The molecule has 0 bridgehead atoms. The SMILES string of the molecule is COc1cc(/C=C2/SC(N3CCN(c4ccccc4O)CC3)=NC2=O)ccc1OCc1ccc(C(F)(F)F)cc1C(F)(F)F. The van der Waals surface area contributed by atoms with Crippen molar-refractivity contribution in [1.29, 1.82) is 0 Å². The molecule has 5 rings (SSSR count). The number of carbonyl (C=O) groups excluding carboxylic acids is 1. The van der Waals surface area contributed by atoms with E-state index in [0.717, 1.165) is 11.8 Å². The molecule has 232 valence electrons. The topological polar surface area (TPSA) is 74.6 Å². The number of alkyl halides is 6. The van der Waals surface area contributed by atoms with Gasteiger partial charge < -0.3 is 24.4 Å². The Bertz CT molecular complexity index is 1610. The number of nitrogens with zero attached hydrogens (tertiary/aromatic N) is 3. The van der Waals surface area contributed by atoms with E-state index in [-0.39, 0.29) is 23.3 Å². The van der Waals surface area contributed by atoms with Crippen LogP contribution >= 0.6 is 11.8 Å². The van der Waals surface area contributed by atoms with Gasteiger partial charge in [0.25, 0.3) is 5.91 Å². The van der Waals surface area contributed by atoms with Crippen LogP contribution in [0.4, 0.5) is 32.0 Å². The molecule has 0 aliphatic carbocycles. The number of para-hydroxylation sites is 2. The van der Waals surface area contributed by atoms with Crippen molar-refractivity contribution in [3.05, 3.63) is 87.8 Å². The fourth-order valence-corrected chi connectivity index (χ4v) is 5.71. The first-order valence-electron chi connectivity index (χ1n) is 13.2. The van der Waals surface area contributed by atoms with Crippen molar-refractivity contribution in [3.63, 3.8) is 0 Å². The number of halogens is 6. The minimum absolute atomic E-state index is 0.0614. The average Bonchev–Trinajstić information content (AvgIpc) is 3.35. The van der Waals surface area contributed by atoms with E-state index in [9.17, 15) is 36.2 Å². The molecular formula is C30H25F6N3O4S. The molecule has 2 aliphatic rings. The van der Waals surface area contributed by atoms with Crippen LogP contribution in [0, 0.1) is 0 Å². The standard InChI is InChI=1S/C30H25F6N3O4S/c1-42-25-14-18(6-9-24(25)43-17-19-7-8-20(29(31,32)33)16-21(19)30(34,35)36)15-26-27(41)37-28(44-26)39-12-10-38(11-13-39)22-4-2-3-5-23(22)40/h2-9,14-16,40H,10-13,17H2,1H3/b26-15+. The summed E-state index contributed by atoms with van der Waals surface area (Å²) in [6, 6.07) is 13.0. The number of carbonyl (C=O) groups is 1. The van der Waals surface area contributed by atoms with E-state index < -0.39 is 41.6 Å². The summed E-state index contributed by atoms with van der Waals surface area (Å²) >= 11 is 1.21. The first-order valence-corrected chi connectivity index (χ1v) is 14.0. The molecule has 44 heavy (non-hydrogen) atoms. The second-order valence-electron chi connectivity index (χ2n) is 9.84. The number of phenols is 1. The van der Waals surface area contributed by atoms with E-state index in [0.29, 0.717) is 47.9 Å². The molecule has 0 spiro atoms. The molecule has 3 aromatic carbocycles. The Morgan fingerprint density at radius 1 is 0.909 bits per heavy atom. The van der Waals surface area contributed by atoms with Gasteiger partial charge in [0, 0.05) is 31.7 Å². The molecule has 0 atom stereocenters. The number of rotatable bonds is 6. The van der Waals surface area contributed by atoms with Crippen LogP contribution in [-0.2, 0) is 23.8 Å². The number of amides is 1. The lowest BCUT2D eigenvalue weighted by atomic mass is 10.0. The summed E-state index contributed by atoms with van der Waals surface area (Å²) < 4.78 is 90.3. The van der Waals surface area contributed by atoms with Gasteiger partial charge in [0.15, 0.2) is 16.7 Å². The summed E-state index contributed by atoms with van der Waals surface area (Å²) in [5, 5.41) is 10.7. The Balaban J connectivity index is 1.25. The third-order valence-electron chi connectivity index (χ3n) is 6.99. The first-order chi connectivity index (χ1) is 20.8. The van der Waals surface area contributed by atoms with Gasteiger partial charge in [0.1, 0.15) is 12.4 Å². The van der Waals surface area contributed by atoms with Gasteiger partial charge in [-0.05, 0) is 59.8 Å². The predicted molar refractivity (Wildman–Crippen MR) is 154 cm³/mol. The zero-order valence-corrected chi connectivity index (χ0v) is 23.9. The lowest BCUT2D eigenvalue weighted by molar-refractivity contribution is -0.143. The van der Waals surface area contributed by atoms with Crippen LogP contribution in [0.1, 0.15) is 22.3 Å². The van der Waals surface area contributed by atoms with Crippen molar-refractivity contribution < 1.29 is 45.7 Å². The van der Waals surface area contributed by atoms with E-state index in [1.165, 1.54) is 31.0 Å². The normalized spacial score (nSPS) is 16.8. The number of aliphatic imine (C=N–C) groups is 1. The third-order valence-corrected chi connectivity index (χ3v) is 8.04. The number of thioether (sulfide) groups is 1. The Kier molecular flexibility index (Phi) is 8.73. The smallest absolute Gasteiger partial charge is 0.416 e. The molecule has 2 heterocycles. The molecular weight excluding hydrogens is 612 g/mol. The molecule has 2 aliphatic heterocycles. The molecule has 14 heteroatoms. The summed E-state index contributed by atoms with van der Waals surface area (Å²) in [4.78, 5) is 21.3. The molecule has 1 saturated heterocycles. The molecule has 0 saturated carbocycles. The van der Waals surface area contributed by atoms with Gasteiger partial charge in [-0.15, -0.1) is 0 Å². The molecule has 3 aromatic rings. The number of anilines is 1. The van der Waals surface area contributed by atoms with Crippen LogP contribution in [0.25, 0.3) is 6.08 Å². The molecule has 0 unspecified atom stereocenters. The third kappa shape index (κ3) is 6.90. The summed E-state index contributed by atoms with van der Waals surface area (Å²) in [5.41, 5.74) is -2.05. The summed E-state index contributed by atoms with van der Waals surface area (Å²) in [6.07, 6.45) is -8.35. The Hall–Kier alpha value is -4.33. The number of amidine groups is 1. The lowest BCUT2D eigenvalue weighted by Crippen LogP contribution is -2.47. The molecule has 1 N–H and O–H groups in total. The number of hydrogen-bond donors (Lipinski definition) is 1. The van der Waals surface area contributed by atoms with Crippen LogP contribution in [0.2, 0.25) is 0 Å². The van der Waals surface area contributed by atoms with Crippen molar-refractivity contribution >= 4 is 34.6 Å². The Morgan fingerprint density at radius 3 is 2.27 bits per heavy atom. The number of hydrogen-bond acceptors (Lipinski definition) is 7. The minimum Gasteiger partial charge on any atom is -0.506 e. The Labute approximate surface area is 252 Å². The predicted octanol–water partition coefficient (Wildman–Crippen LogP) is 6.81. The van der Waals surface area contributed by atoms with E-state index in [4.69, 9.17) is 9.47 Å². The van der Waals surface area contributed by atoms with Crippen LogP contribution < -0.4 is 14.4 Å². The first kappa shape index (κ1) is 31.1. The highest BCUT2D eigenvalue weighted by atomic mass is 32.2. The number of ether oxygens (including phenoxy) is 2. The lowest BCUT2D eigenvalue weighted by Gasteiger charge is -2.36. The second kappa shape index (κ2) is 12.3. The molecule has 1 fully saturated rings. The van der Waals surface area contributed by atoms with Gasteiger partial charge in [-0.3, -0.25) is 4.79 Å². The van der Waals surface area contributed by atoms with E-state index in [2.05, 4.69) is 9.89 Å². The van der Waals surface area contributed by atoms with Crippen molar-refractivity contribution in [2.75, 3.05) is 38.2 Å². The van der Waals surface area contributed by atoms with Crippen molar-refractivity contribution in [3.8, 4) is 17.2 Å².